The van der Waals surface area contributed by atoms with E-state index in [1.807, 2.05) is 13.1 Å². The van der Waals surface area contributed by atoms with Crippen LogP contribution in [0.1, 0.15) is 36.2 Å². The van der Waals surface area contributed by atoms with Crippen LogP contribution in [-0.4, -0.2) is 28.1 Å². The van der Waals surface area contributed by atoms with Crippen molar-refractivity contribution in [1.82, 2.24) is 20.4 Å². The zero-order chi connectivity index (χ0) is 17.8. The van der Waals surface area contributed by atoms with Crippen molar-refractivity contribution >= 4 is 11.1 Å². The molecule has 1 N–H and O–H groups in total. The molecule has 5 heteroatoms. The molecule has 132 valence electrons. The van der Waals surface area contributed by atoms with E-state index in [9.17, 15) is 0 Å². The monoisotopic (exact) mass is 338 g/mol. The molecule has 0 aliphatic heterocycles. The zero-order valence-corrected chi connectivity index (χ0v) is 15.4. The van der Waals surface area contributed by atoms with Gasteiger partial charge in [-0.3, -0.25) is 4.90 Å². The summed E-state index contributed by atoms with van der Waals surface area (Å²) in [6, 6.07) is 11.3. The Hall–Kier alpha value is -2.24. The normalized spacial score (nSPS) is 11.8. The second-order valence-corrected chi connectivity index (χ2v) is 6.85. The molecule has 3 rings (SSSR count). The van der Waals surface area contributed by atoms with Crippen LogP contribution < -0.4 is 5.32 Å². The van der Waals surface area contributed by atoms with E-state index < -0.39 is 0 Å². The molecule has 0 unspecified atom stereocenters. The van der Waals surface area contributed by atoms with Gasteiger partial charge < -0.3 is 9.84 Å². The van der Waals surface area contributed by atoms with E-state index in [-0.39, 0.29) is 0 Å². The number of benzene rings is 1. The largest absolute Gasteiger partial charge is 0.336 e. The lowest BCUT2D eigenvalue weighted by Gasteiger charge is -2.22. The van der Waals surface area contributed by atoms with Gasteiger partial charge in [0, 0.05) is 31.9 Å². The van der Waals surface area contributed by atoms with Gasteiger partial charge >= 0.3 is 0 Å². The van der Waals surface area contributed by atoms with Crippen molar-refractivity contribution in [3.05, 3.63) is 58.9 Å². The molecule has 0 amide bonds. The Morgan fingerprint density at radius 1 is 1.16 bits per heavy atom. The standard InChI is InChI=1S/C20H26N4O/c1-14(2)24(4)13-18-8-6-5-7-17(18)12-21-10-16-9-19-15(3)23-25-20(19)22-11-16/h5-9,11,14,21H,10,12-13H2,1-4H3. The number of aryl methyl sites for hydroxylation is 1. The molecule has 3 aromatic rings. The smallest absolute Gasteiger partial charge is 0.257 e. The Balaban J connectivity index is 1.64. The predicted octanol–water partition coefficient (Wildman–Crippen LogP) is 3.66. The van der Waals surface area contributed by atoms with E-state index in [1.54, 1.807) is 0 Å². The van der Waals surface area contributed by atoms with Crippen LogP contribution >= 0.6 is 0 Å². The van der Waals surface area contributed by atoms with Crippen LogP contribution in [0.3, 0.4) is 0 Å². The fourth-order valence-corrected chi connectivity index (χ4v) is 2.76. The van der Waals surface area contributed by atoms with Gasteiger partial charge in [0.25, 0.3) is 5.71 Å². The van der Waals surface area contributed by atoms with Crippen molar-refractivity contribution in [2.24, 2.45) is 0 Å². The van der Waals surface area contributed by atoms with Gasteiger partial charge in [-0.2, -0.15) is 0 Å². The van der Waals surface area contributed by atoms with Crippen molar-refractivity contribution in [3.8, 4) is 0 Å². The van der Waals surface area contributed by atoms with Crippen molar-refractivity contribution in [2.45, 2.75) is 46.4 Å². The summed E-state index contributed by atoms with van der Waals surface area (Å²) in [6.45, 7) is 8.94. The Kier molecular flexibility index (Phi) is 5.46. The SMILES string of the molecule is Cc1noc2ncc(CNCc3ccccc3CN(C)C(C)C)cc12. The Morgan fingerprint density at radius 3 is 2.68 bits per heavy atom. The summed E-state index contributed by atoms with van der Waals surface area (Å²) in [6.07, 6.45) is 1.85. The number of nitrogens with one attached hydrogen (secondary N) is 1. The maximum atomic E-state index is 5.16. The molecule has 25 heavy (non-hydrogen) atoms. The number of fused-ring (bicyclic) bond motifs is 1. The maximum absolute atomic E-state index is 5.16. The second kappa shape index (κ2) is 7.76. The van der Waals surface area contributed by atoms with Crippen LogP contribution in [0.2, 0.25) is 0 Å². The molecule has 0 atom stereocenters. The van der Waals surface area contributed by atoms with Gasteiger partial charge in [0.2, 0.25) is 0 Å². The fraction of sp³-hybridized carbons (Fsp3) is 0.400. The van der Waals surface area contributed by atoms with E-state index in [4.69, 9.17) is 4.52 Å². The lowest BCUT2D eigenvalue weighted by atomic mass is 10.1. The fourth-order valence-electron chi connectivity index (χ4n) is 2.76. The molecule has 0 aliphatic rings. The molecule has 0 radical (unpaired) electrons. The highest BCUT2D eigenvalue weighted by Crippen LogP contribution is 2.17. The number of hydrogen-bond donors (Lipinski definition) is 1. The summed E-state index contributed by atoms with van der Waals surface area (Å²) < 4.78 is 5.16. The highest BCUT2D eigenvalue weighted by molar-refractivity contribution is 5.75. The number of aromatic nitrogens is 2. The van der Waals surface area contributed by atoms with Crippen molar-refractivity contribution in [2.75, 3.05) is 7.05 Å². The highest BCUT2D eigenvalue weighted by atomic mass is 16.5. The third-order valence-corrected chi connectivity index (χ3v) is 4.63. The van der Waals surface area contributed by atoms with Gasteiger partial charge in [0.1, 0.15) is 0 Å². The maximum Gasteiger partial charge on any atom is 0.257 e. The predicted molar refractivity (Wildman–Crippen MR) is 100 cm³/mol. The van der Waals surface area contributed by atoms with Crippen LogP contribution in [0, 0.1) is 6.92 Å². The number of hydrogen-bond acceptors (Lipinski definition) is 5. The van der Waals surface area contributed by atoms with Gasteiger partial charge in [0.15, 0.2) is 0 Å². The first kappa shape index (κ1) is 17.6. The first-order chi connectivity index (χ1) is 12.0. The summed E-state index contributed by atoms with van der Waals surface area (Å²) in [7, 11) is 2.16. The first-order valence-corrected chi connectivity index (χ1v) is 8.73. The van der Waals surface area contributed by atoms with Crippen LogP contribution in [0.15, 0.2) is 41.1 Å². The molecule has 2 heterocycles. The Morgan fingerprint density at radius 2 is 1.92 bits per heavy atom. The quantitative estimate of drug-likeness (QED) is 0.712. The van der Waals surface area contributed by atoms with E-state index >= 15 is 0 Å². The summed E-state index contributed by atoms with van der Waals surface area (Å²) >= 11 is 0. The van der Waals surface area contributed by atoms with Crippen molar-refractivity contribution in [3.63, 3.8) is 0 Å². The summed E-state index contributed by atoms with van der Waals surface area (Å²) in [5.41, 5.74) is 5.32. The first-order valence-electron chi connectivity index (χ1n) is 8.73. The third-order valence-electron chi connectivity index (χ3n) is 4.63. The van der Waals surface area contributed by atoms with E-state index in [2.05, 4.69) is 71.6 Å². The summed E-state index contributed by atoms with van der Waals surface area (Å²) in [4.78, 5) is 6.68. The Bertz CT molecular complexity index is 841. The molecule has 0 fully saturated rings. The van der Waals surface area contributed by atoms with Gasteiger partial charge in [-0.25, -0.2) is 4.98 Å². The minimum absolute atomic E-state index is 0.533. The van der Waals surface area contributed by atoms with Crippen LogP contribution in [0.25, 0.3) is 11.1 Å². The number of pyridine rings is 1. The van der Waals surface area contributed by atoms with E-state index in [0.29, 0.717) is 11.8 Å². The van der Waals surface area contributed by atoms with Crippen LogP contribution in [0.4, 0.5) is 0 Å². The minimum Gasteiger partial charge on any atom is -0.336 e. The molecule has 1 aromatic carbocycles. The molecule has 0 saturated heterocycles. The molecule has 0 saturated carbocycles. The lowest BCUT2D eigenvalue weighted by molar-refractivity contribution is 0.265. The van der Waals surface area contributed by atoms with Crippen molar-refractivity contribution < 1.29 is 4.52 Å². The van der Waals surface area contributed by atoms with Crippen LogP contribution in [0.5, 0.6) is 0 Å². The summed E-state index contributed by atoms with van der Waals surface area (Å²) in [5, 5.41) is 8.47. The van der Waals surface area contributed by atoms with E-state index in [0.717, 1.165) is 36.3 Å². The topological polar surface area (TPSA) is 54.2 Å². The van der Waals surface area contributed by atoms with Gasteiger partial charge in [0.05, 0.1) is 11.1 Å². The second-order valence-electron chi connectivity index (χ2n) is 6.85. The average molecular weight is 338 g/mol. The highest BCUT2D eigenvalue weighted by Gasteiger charge is 2.09. The molecule has 0 spiro atoms. The number of rotatable bonds is 7. The van der Waals surface area contributed by atoms with Gasteiger partial charge in [-0.05, 0) is 50.6 Å². The minimum atomic E-state index is 0.533. The molecule has 2 aromatic heterocycles. The molecular weight excluding hydrogens is 312 g/mol. The summed E-state index contributed by atoms with van der Waals surface area (Å²) in [5.74, 6) is 0. The average Bonchev–Trinajstić information content (AvgIpc) is 2.97. The van der Waals surface area contributed by atoms with Crippen LogP contribution in [-0.2, 0) is 19.6 Å². The zero-order valence-electron chi connectivity index (χ0n) is 15.4. The molecular formula is C20H26N4O. The molecule has 0 bridgehead atoms. The number of nitrogens with zero attached hydrogens (tertiary/aromatic N) is 3. The molecule has 0 aliphatic carbocycles. The van der Waals surface area contributed by atoms with E-state index in [1.165, 1.54) is 11.1 Å². The van der Waals surface area contributed by atoms with Crippen molar-refractivity contribution in [1.29, 1.82) is 0 Å². The van der Waals surface area contributed by atoms with Gasteiger partial charge in [-0.1, -0.05) is 29.4 Å². The third kappa shape index (κ3) is 4.24. The Labute approximate surface area is 149 Å². The molecule has 5 nitrogen and oxygen atoms in total. The van der Waals surface area contributed by atoms with Gasteiger partial charge in [-0.15, -0.1) is 0 Å². The lowest BCUT2D eigenvalue weighted by Crippen LogP contribution is -2.26.